The predicted molar refractivity (Wildman–Crippen MR) is 66.4 cm³/mol. The number of nitrogens with zero attached hydrogens (tertiary/aromatic N) is 1. The lowest BCUT2D eigenvalue weighted by molar-refractivity contribution is -0.138. The van der Waals surface area contributed by atoms with Crippen molar-refractivity contribution in [3.05, 3.63) is 21.3 Å². The Morgan fingerprint density at radius 2 is 2.24 bits per heavy atom. The lowest BCUT2D eigenvalue weighted by atomic mass is 10.3. The van der Waals surface area contributed by atoms with Crippen molar-refractivity contribution in [1.82, 2.24) is 10.2 Å². The van der Waals surface area contributed by atoms with Crippen molar-refractivity contribution in [1.29, 1.82) is 0 Å². The third-order valence-electron chi connectivity index (χ3n) is 2.08. The molecular formula is C10H13ClN2O3S. The van der Waals surface area contributed by atoms with Crippen LogP contribution in [0.3, 0.4) is 0 Å². The van der Waals surface area contributed by atoms with Gasteiger partial charge in [-0.15, -0.1) is 11.3 Å². The van der Waals surface area contributed by atoms with Gasteiger partial charge in [0.05, 0.1) is 10.9 Å². The minimum Gasteiger partial charge on any atom is -0.480 e. The lowest BCUT2D eigenvalue weighted by Crippen LogP contribution is -2.44. The van der Waals surface area contributed by atoms with Gasteiger partial charge in [-0.25, -0.2) is 4.79 Å². The number of hydrogen-bond acceptors (Lipinski definition) is 3. The second-order valence-electron chi connectivity index (χ2n) is 3.57. The molecule has 2 N–H and O–H groups in total. The molecule has 7 heteroatoms. The van der Waals surface area contributed by atoms with Gasteiger partial charge in [-0.05, 0) is 19.1 Å². The molecule has 1 aromatic heterocycles. The minimum atomic E-state index is -1.06. The van der Waals surface area contributed by atoms with E-state index in [-0.39, 0.29) is 0 Å². The second kappa shape index (κ2) is 5.88. The van der Waals surface area contributed by atoms with E-state index in [4.69, 9.17) is 16.7 Å². The van der Waals surface area contributed by atoms with Crippen LogP contribution in [0.2, 0.25) is 4.34 Å². The van der Waals surface area contributed by atoms with Crippen molar-refractivity contribution in [2.75, 3.05) is 7.05 Å². The highest BCUT2D eigenvalue weighted by Gasteiger charge is 2.17. The number of nitrogens with one attached hydrogen (secondary N) is 1. The minimum absolute atomic E-state index is 0.398. The van der Waals surface area contributed by atoms with Crippen molar-refractivity contribution < 1.29 is 14.7 Å². The van der Waals surface area contributed by atoms with Crippen LogP contribution < -0.4 is 5.32 Å². The average molecular weight is 277 g/mol. The molecule has 0 fully saturated rings. The Bertz CT molecular complexity index is 421. The number of carboxylic acids is 1. The van der Waals surface area contributed by atoms with E-state index < -0.39 is 18.0 Å². The number of carbonyl (C=O) groups is 2. The van der Waals surface area contributed by atoms with E-state index in [1.165, 1.54) is 23.2 Å². The van der Waals surface area contributed by atoms with E-state index >= 15 is 0 Å². The molecule has 1 aromatic rings. The summed E-state index contributed by atoms with van der Waals surface area (Å²) in [6.07, 6.45) is 0. The number of hydrogen-bond donors (Lipinski definition) is 2. The molecule has 17 heavy (non-hydrogen) atoms. The summed E-state index contributed by atoms with van der Waals surface area (Å²) >= 11 is 7.16. The normalized spacial score (nSPS) is 11.9. The van der Waals surface area contributed by atoms with E-state index in [1.54, 1.807) is 13.1 Å². The molecule has 0 aromatic carbocycles. The van der Waals surface area contributed by atoms with Crippen LogP contribution in [0.1, 0.15) is 11.8 Å². The molecule has 0 unspecified atom stereocenters. The number of thiophene rings is 1. The van der Waals surface area contributed by atoms with Crippen LogP contribution in [-0.2, 0) is 11.3 Å². The van der Waals surface area contributed by atoms with Crippen molar-refractivity contribution >= 4 is 34.9 Å². The fourth-order valence-electron chi connectivity index (χ4n) is 1.10. The van der Waals surface area contributed by atoms with Crippen LogP contribution >= 0.6 is 22.9 Å². The summed E-state index contributed by atoms with van der Waals surface area (Å²) in [4.78, 5) is 24.5. The number of halogens is 1. The van der Waals surface area contributed by atoms with E-state index in [0.717, 1.165) is 4.88 Å². The van der Waals surface area contributed by atoms with Crippen LogP contribution in [-0.4, -0.2) is 35.1 Å². The summed E-state index contributed by atoms with van der Waals surface area (Å²) in [6.45, 7) is 1.81. The molecule has 5 nitrogen and oxygen atoms in total. The highest BCUT2D eigenvalue weighted by Crippen LogP contribution is 2.22. The largest absolute Gasteiger partial charge is 0.480 e. The highest BCUT2D eigenvalue weighted by molar-refractivity contribution is 7.16. The summed E-state index contributed by atoms with van der Waals surface area (Å²) in [7, 11) is 1.59. The fraction of sp³-hybridized carbons (Fsp3) is 0.400. The maximum Gasteiger partial charge on any atom is 0.325 e. The van der Waals surface area contributed by atoms with Crippen molar-refractivity contribution in [3.63, 3.8) is 0 Å². The van der Waals surface area contributed by atoms with Gasteiger partial charge < -0.3 is 15.3 Å². The van der Waals surface area contributed by atoms with Crippen LogP contribution in [0.25, 0.3) is 0 Å². The first-order valence-corrected chi connectivity index (χ1v) is 6.08. The van der Waals surface area contributed by atoms with Gasteiger partial charge in [-0.3, -0.25) is 4.79 Å². The summed E-state index contributed by atoms with van der Waals surface area (Å²) in [5.41, 5.74) is 0. The summed E-state index contributed by atoms with van der Waals surface area (Å²) in [5.74, 6) is -1.06. The molecule has 0 radical (unpaired) electrons. The molecule has 0 bridgehead atoms. The zero-order valence-electron chi connectivity index (χ0n) is 9.44. The maximum atomic E-state index is 11.6. The number of rotatable bonds is 4. The first-order chi connectivity index (χ1) is 7.90. The first-order valence-electron chi connectivity index (χ1n) is 4.89. The molecule has 0 aliphatic rings. The SMILES string of the molecule is C[C@H](NC(=O)N(C)Cc1ccc(Cl)s1)C(=O)O. The quantitative estimate of drug-likeness (QED) is 0.884. The zero-order valence-corrected chi connectivity index (χ0v) is 11.0. The Labute approximate surface area is 108 Å². The topological polar surface area (TPSA) is 69.6 Å². The average Bonchev–Trinajstić information content (AvgIpc) is 2.63. The van der Waals surface area contributed by atoms with E-state index in [2.05, 4.69) is 5.32 Å². The molecule has 0 aliphatic heterocycles. The molecule has 0 spiro atoms. The standard InChI is InChI=1S/C10H13ClN2O3S/c1-6(9(14)15)12-10(16)13(2)5-7-3-4-8(11)17-7/h3-4,6H,5H2,1-2H3,(H,12,16)(H,14,15)/t6-/m0/s1. The Morgan fingerprint density at radius 1 is 1.59 bits per heavy atom. The predicted octanol–water partition coefficient (Wildman–Crippen LogP) is 2.02. The summed E-state index contributed by atoms with van der Waals surface area (Å²) in [6, 6.07) is 2.26. The molecule has 0 saturated heterocycles. The molecule has 2 amide bonds. The molecule has 1 atom stereocenters. The second-order valence-corrected chi connectivity index (χ2v) is 5.37. The van der Waals surface area contributed by atoms with Crippen LogP contribution in [0, 0.1) is 0 Å². The van der Waals surface area contributed by atoms with E-state index in [0.29, 0.717) is 10.9 Å². The Morgan fingerprint density at radius 3 is 2.71 bits per heavy atom. The van der Waals surface area contributed by atoms with Gasteiger partial charge >= 0.3 is 12.0 Å². The number of carboxylic acid groups (broad SMARTS) is 1. The molecular weight excluding hydrogens is 264 g/mol. The van der Waals surface area contributed by atoms with Gasteiger partial charge in [0.1, 0.15) is 6.04 Å². The summed E-state index contributed by atoms with van der Waals surface area (Å²) < 4.78 is 0.660. The fourth-order valence-corrected chi connectivity index (χ4v) is 2.24. The number of amides is 2. The number of urea groups is 1. The first kappa shape index (κ1) is 13.8. The lowest BCUT2D eigenvalue weighted by Gasteiger charge is -2.18. The van der Waals surface area contributed by atoms with Crippen LogP contribution in [0.5, 0.6) is 0 Å². The maximum absolute atomic E-state index is 11.6. The van der Waals surface area contributed by atoms with Gasteiger partial charge in [-0.1, -0.05) is 11.6 Å². The smallest absolute Gasteiger partial charge is 0.325 e. The van der Waals surface area contributed by atoms with Crippen LogP contribution in [0.4, 0.5) is 4.79 Å². The van der Waals surface area contributed by atoms with E-state index in [1.807, 2.05) is 6.07 Å². The van der Waals surface area contributed by atoms with Crippen molar-refractivity contribution in [2.24, 2.45) is 0 Å². The van der Waals surface area contributed by atoms with E-state index in [9.17, 15) is 9.59 Å². The number of carbonyl (C=O) groups excluding carboxylic acids is 1. The Balaban J connectivity index is 2.50. The Kier molecular flexibility index (Phi) is 4.77. The Hall–Kier alpha value is -1.27. The third kappa shape index (κ3) is 4.24. The van der Waals surface area contributed by atoms with Crippen LogP contribution in [0.15, 0.2) is 12.1 Å². The van der Waals surface area contributed by atoms with Gasteiger partial charge in [-0.2, -0.15) is 0 Å². The van der Waals surface area contributed by atoms with Gasteiger partial charge in [0.25, 0.3) is 0 Å². The highest BCUT2D eigenvalue weighted by atomic mass is 35.5. The third-order valence-corrected chi connectivity index (χ3v) is 3.29. The molecule has 94 valence electrons. The molecule has 0 aliphatic carbocycles. The van der Waals surface area contributed by atoms with Crippen molar-refractivity contribution in [2.45, 2.75) is 19.5 Å². The molecule has 0 saturated carbocycles. The monoisotopic (exact) mass is 276 g/mol. The zero-order chi connectivity index (χ0) is 13.0. The molecule has 1 heterocycles. The van der Waals surface area contributed by atoms with Gasteiger partial charge in [0.2, 0.25) is 0 Å². The number of aliphatic carboxylic acids is 1. The summed E-state index contributed by atoms with van der Waals surface area (Å²) in [5, 5.41) is 11.0. The molecule has 1 rings (SSSR count). The van der Waals surface area contributed by atoms with Gasteiger partial charge in [0.15, 0.2) is 0 Å². The van der Waals surface area contributed by atoms with Gasteiger partial charge in [0, 0.05) is 11.9 Å². The van der Waals surface area contributed by atoms with Crippen molar-refractivity contribution in [3.8, 4) is 0 Å².